The normalized spacial score (nSPS) is 16.9. The van der Waals surface area contributed by atoms with Crippen molar-refractivity contribution in [2.45, 2.75) is 19.0 Å². The first-order valence-corrected chi connectivity index (χ1v) is 9.20. The third-order valence-electron chi connectivity index (χ3n) is 4.91. The van der Waals surface area contributed by atoms with Gasteiger partial charge in [-0.3, -0.25) is 4.79 Å². The van der Waals surface area contributed by atoms with Crippen molar-refractivity contribution in [2.75, 3.05) is 21.3 Å². The number of benzene rings is 2. The minimum absolute atomic E-state index is 0.0193. The number of alkyl halides is 3. The number of allylic oxidation sites excluding steroid dienone is 2. The zero-order chi connectivity index (χ0) is 21.9. The van der Waals surface area contributed by atoms with E-state index in [0.29, 0.717) is 46.8 Å². The second-order valence-corrected chi connectivity index (χ2v) is 6.70. The number of Topliss-reactive ketones (excluding diaryl/α,β-unsaturated/α-hetero) is 1. The van der Waals surface area contributed by atoms with Gasteiger partial charge in [-0.15, -0.1) is 0 Å². The number of halogens is 3. The average Bonchev–Trinajstić information content (AvgIpc) is 3.07. The summed E-state index contributed by atoms with van der Waals surface area (Å²) in [7, 11) is 4.50. The Hall–Kier alpha value is -3.22. The van der Waals surface area contributed by atoms with Crippen LogP contribution >= 0.6 is 0 Å². The molecule has 0 amide bonds. The fraction of sp³-hybridized carbons (Fsp3) is 0.261. The molecule has 0 aromatic heterocycles. The summed E-state index contributed by atoms with van der Waals surface area (Å²) >= 11 is 0. The van der Waals surface area contributed by atoms with Crippen molar-refractivity contribution >= 4 is 17.9 Å². The third kappa shape index (κ3) is 4.35. The Balaban J connectivity index is 1.99. The van der Waals surface area contributed by atoms with Crippen LogP contribution in [-0.4, -0.2) is 27.1 Å². The first kappa shape index (κ1) is 21.5. The highest BCUT2D eigenvalue weighted by Crippen LogP contribution is 2.39. The summed E-state index contributed by atoms with van der Waals surface area (Å²) in [5, 5.41) is 0. The van der Waals surface area contributed by atoms with Crippen molar-refractivity contribution in [3.8, 4) is 17.2 Å². The lowest BCUT2D eigenvalue weighted by Gasteiger charge is -2.13. The summed E-state index contributed by atoms with van der Waals surface area (Å²) in [6.45, 7) is 0. The van der Waals surface area contributed by atoms with Crippen molar-refractivity contribution in [1.29, 1.82) is 0 Å². The minimum atomic E-state index is -4.49. The number of carbonyl (C=O) groups is 1. The van der Waals surface area contributed by atoms with E-state index in [-0.39, 0.29) is 11.3 Å². The largest absolute Gasteiger partial charge is 0.496 e. The van der Waals surface area contributed by atoms with E-state index >= 15 is 0 Å². The molecule has 0 radical (unpaired) electrons. The van der Waals surface area contributed by atoms with Crippen LogP contribution in [0.15, 0.2) is 47.5 Å². The molecule has 0 unspecified atom stereocenters. The molecular formula is C23H21F3O4. The Bertz CT molecular complexity index is 994. The van der Waals surface area contributed by atoms with Crippen LogP contribution in [0.4, 0.5) is 13.2 Å². The summed E-state index contributed by atoms with van der Waals surface area (Å²) < 4.78 is 55.8. The fourth-order valence-corrected chi connectivity index (χ4v) is 3.40. The predicted molar refractivity (Wildman–Crippen MR) is 108 cm³/mol. The Labute approximate surface area is 172 Å². The summed E-state index contributed by atoms with van der Waals surface area (Å²) in [6.07, 6.45) is -0.725. The van der Waals surface area contributed by atoms with Crippen LogP contribution in [0.2, 0.25) is 0 Å². The molecule has 4 nitrogen and oxygen atoms in total. The fourth-order valence-electron chi connectivity index (χ4n) is 3.40. The summed E-state index contributed by atoms with van der Waals surface area (Å²) in [6, 6.07) is 8.56. The van der Waals surface area contributed by atoms with Crippen LogP contribution in [-0.2, 0) is 11.0 Å². The van der Waals surface area contributed by atoms with Crippen LogP contribution < -0.4 is 14.2 Å². The van der Waals surface area contributed by atoms with Gasteiger partial charge in [-0.1, -0.05) is 18.2 Å². The van der Waals surface area contributed by atoms with Crippen molar-refractivity contribution in [3.63, 3.8) is 0 Å². The molecule has 2 aromatic rings. The van der Waals surface area contributed by atoms with Gasteiger partial charge in [-0.2, -0.15) is 13.2 Å². The maximum Gasteiger partial charge on any atom is 0.416 e. The van der Waals surface area contributed by atoms with Crippen LogP contribution in [0.25, 0.3) is 12.2 Å². The molecule has 1 fully saturated rings. The molecule has 1 aliphatic carbocycles. The summed E-state index contributed by atoms with van der Waals surface area (Å²) in [5.74, 6) is 1.18. The molecule has 0 heterocycles. The highest BCUT2D eigenvalue weighted by atomic mass is 19.4. The predicted octanol–water partition coefficient (Wildman–Crippen LogP) is 5.56. The lowest BCUT2D eigenvalue weighted by molar-refractivity contribution is -0.137. The number of methoxy groups -OCH3 is 3. The van der Waals surface area contributed by atoms with Gasteiger partial charge >= 0.3 is 6.18 Å². The number of hydrogen-bond donors (Lipinski definition) is 0. The van der Waals surface area contributed by atoms with E-state index in [1.807, 2.05) is 0 Å². The minimum Gasteiger partial charge on any atom is -0.496 e. The second-order valence-electron chi connectivity index (χ2n) is 6.70. The molecule has 0 saturated heterocycles. The maximum atomic E-state index is 13.2. The lowest BCUT2D eigenvalue weighted by atomic mass is 10.0. The lowest BCUT2D eigenvalue weighted by Crippen LogP contribution is -2.07. The van der Waals surface area contributed by atoms with E-state index in [4.69, 9.17) is 14.2 Å². The molecule has 158 valence electrons. The van der Waals surface area contributed by atoms with E-state index in [1.165, 1.54) is 45.6 Å². The highest BCUT2D eigenvalue weighted by Gasteiger charge is 2.33. The first-order valence-electron chi connectivity index (χ1n) is 9.20. The van der Waals surface area contributed by atoms with Gasteiger partial charge in [-0.25, -0.2) is 0 Å². The summed E-state index contributed by atoms with van der Waals surface area (Å²) in [5.41, 5.74) is 0.605. The van der Waals surface area contributed by atoms with Gasteiger partial charge in [0.15, 0.2) is 5.78 Å². The Morgan fingerprint density at radius 2 is 1.43 bits per heavy atom. The van der Waals surface area contributed by atoms with Gasteiger partial charge in [0.05, 0.1) is 32.5 Å². The molecule has 0 N–H and O–H groups in total. The Morgan fingerprint density at radius 3 is 1.97 bits per heavy atom. The first-order chi connectivity index (χ1) is 14.3. The molecule has 0 spiro atoms. The van der Waals surface area contributed by atoms with Gasteiger partial charge in [0.2, 0.25) is 0 Å². The van der Waals surface area contributed by atoms with Crippen LogP contribution in [0.5, 0.6) is 17.2 Å². The molecule has 0 bridgehead atoms. The molecule has 7 heteroatoms. The van der Waals surface area contributed by atoms with E-state index in [2.05, 4.69) is 0 Å². The van der Waals surface area contributed by atoms with Gasteiger partial charge in [0, 0.05) is 23.3 Å². The van der Waals surface area contributed by atoms with Crippen molar-refractivity contribution in [2.24, 2.45) is 0 Å². The standard InChI is InChI=1S/C23H21F3O4/c1-28-17-12-20(29-2)18(21(13-17)30-3)11-16-9-8-15(22(16)27)10-14-6-4-5-7-19(14)23(24,25)26/h4-7,10-13H,8-9H2,1-3H3/b15-10+,16-11+. The number of hydrogen-bond acceptors (Lipinski definition) is 4. The zero-order valence-electron chi connectivity index (χ0n) is 16.8. The average molecular weight is 418 g/mol. The van der Waals surface area contributed by atoms with E-state index in [0.717, 1.165) is 6.07 Å². The maximum absolute atomic E-state index is 13.2. The number of carbonyl (C=O) groups excluding carboxylic acids is 1. The molecule has 0 aliphatic heterocycles. The van der Waals surface area contributed by atoms with E-state index < -0.39 is 11.7 Å². The molecule has 0 atom stereocenters. The topological polar surface area (TPSA) is 44.8 Å². The second kappa shape index (κ2) is 8.65. The van der Waals surface area contributed by atoms with Crippen LogP contribution in [0, 0.1) is 0 Å². The van der Waals surface area contributed by atoms with Crippen molar-refractivity contribution < 1.29 is 32.2 Å². The Kier molecular flexibility index (Phi) is 6.20. The SMILES string of the molecule is COc1cc(OC)c(/C=C2\CC/C(=C\c3ccccc3C(F)(F)F)C2=O)c(OC)c1. The molecule has 30 heavy (non-hydrogen) atoms. The summed E-state index contributed by atoms with van der Waals surface area (Å²) in [4.78, 5) is 12.9. The van der Waals surface area contributed by atoms with Crippen LogP contribution in [0.3, 0.4) is 0 Å². The highest BCUT2D eigenvalue weighted by molar-refractivity contribution is 6.15. The molecule has 2 aromatic carbocycles. The Morgan fingerprint density at radius 1 is 0.867 bits per heavy atom. The molecular weight excluding hydrogens is 397 g/mol. The molecule has 1 saturated carbocycles. The van der Waals surface area contributed by atoms with Crippen molar-refractivity contribution in [1.82, 2.24) is 0 Å². The molecule has 1 aliphatic rings. The van der Waals surface area contributed by atoms with E-state index in [9.17, 15) is 18.0 Å². The zero-order valence-corrected chi connectivity index (χ0v) is 16.8. The number of rotatable bonds is 5. The quantitative estimate of drug-likeness (QED) is 0.597. The molecule has 3 rings (SSSR count). The van der Waals surface area contributed by atoms with E-state index in [1.54, 1.807) is 18.2 Å². The van der Waals surface area contributed by atoms with Gasteiger partial charge in [0.25, 0.3) is 0 Å². The monoisotopic (exact) mass is 418 g/mol. The van der Waals surface area contributed by atoms with Gasteiger partial charge in [0.1, 0.15) is 17.2 Å². The number of ether oxygens (including phenoxy) is 3. The van der Waals surface area contributed by atoms with Crippen molar-refractivity contribution in [3.05, 3.63) is 64.2 Å². The van der Waals surface area contributed by atoms with Gasteiger partial charge < -0.3 is 14.2 Å². The number of ketones is 1. The smallest absolute Gasteiger partial charge is 0.416 e. The van der Waals surface area contributed by atoms with Crippen LogP contribution in [0.1, 0.15) is 29.5 Å². The third-order valence-corrected chi connectivity index (χ3v) is 4.91. The van der Waals surface area contributed by atoms with Gasteiger partial charge in [-0.05, 0) is 36.6 Å².